The molecule has 0 fully saturated rings. The summed E-state index contributed by atoms with van der Waals surface area (Å²) in [5.41, 5.74) is 1.29. The van der Waals surface area contributed by atoms with E-state index in [4.69, 9.17) is 0 Å². The van der Waals surface area contributed by atoms with Gasteiger partial charge in [-0.15, -0.1) is 11.3 Å². The van der Waals surface area contributed by atoms with E-state index in [0.717, 1.165) is 12.4 Å². The van der Waals surface area contributed by atoms with E-state index in [0.29, 0.717) is 0 Å². The summed E-state index contributed by atoms with van der Waals surface area (Å²) < 4.78 is 3.04. The highest BCUT2D eigenvalue weighted by Gasteiger charge is 2.03. The molecule has 15 heavy (non-hydrogen) atoms. The standard InChI is InChI=1S/C10H12BrN3S/c1-7-5-8(15-10(7)11)6-12-9-3-4-13-14(9)2/h3-5,12H,6H2,1-2H3. The summed E-state index contributed by atoms with van der Waals surface area (Å²) in [5.74, 6) is 1.04. The predicted octanol–water partition coefficient (Wildman–Crippen LogP) is 3.16. The van der Waals surface area contributed by atoms with Gasteiger partial charge in [0, 0.05) is 18.0 Å². The van der Waals surface area contributed by atoms with Crippen molar-refractivity contribution < 1.29 is 0 Å². The van der Waals surface area contributed by atoms with Gasteiger partial charge in [0.2, 0.25) is 0 Å². The number of nitrogens with one attached hydrogen (secondary N) is 1. The Bertz CT molecular complexity index is 441. The lowest BCUT2D eigenvalue weighted by atomic mass is 10.3. The van der Waals surface area contributed by atoms with Crippen LogP contribution in [-0.2, 0) is 13.6 Å². The number of halogens is 1. The highest BCUT2D eigenvalue weighted by Crippen LogP contribution is 2.27. The Morgan fingerprint density at radius 2 is 2.40 bits per heavy atom. The number of anilines is 1. The highest BCUT2D eigenvalue weighted by molar-refractivity contribution is 9.11. The summed E-state index contributed by atoms with van der Waals surface area (Å²) in [7, 11) is 1.93. The zero-order valence-corrected chi connectivity index (χ0v) is 11.0. The maximum Gasteiger partial charge on any atom is 0.124 e. The maximum atomic E-state index is 4.10. The molecule has 2 rings (SSSR count). The van der Waals surface area contributed by atoms with E-state index in [1.54, 1.807) is 17.5 Å². The van der Waals surface area contributed by atoms with Crippen molar-refractivity contribution in [2.75, 3.05) is 5.32 Å². The van der Waals surface area contributed by atoms with E-state index >= 15 is 0 Å². The summed E-state index contributed by atoms with van der Waals surface area (Å²) in [6, 6.07) is 4.16. The number of rotatable bonds is 3. The van der Waals surface area contributed by atoms with E-state index in [-0.39, 0.29) is 0 Å². The lowest BCUT2D eigenvalue weighted by molar-refractivity contribution is 0.769. The Kier molecular flexibility index (Phi) is 3.11. The summed E-state index contributed by atoms with van der Waals surface area (Å²) >= 11 is 5.29. The minimum atomic E-state index is 0.844. The van der Waals surface area contributed by atoms with Gasteiger partial charge in [-0.2, -0.15) is 5.10 Å². The number of nitrogens with zero attached hydrogens (tertiary/aromatic N) is 2. The average molecular weight is 286 g/mol. The topological polar surface area (TPSA) is 29.9 Å². The van der Waals surface area contributed by atoms with Crippen LogP contribution in [0.25, 0.3) is 0 Å². The molecule has 2 heterocycles. The molecule has 0 saturated heterocycles. The van der Waals surface area contributed by atoms with Crippen LogP contribution in [0.5, 0.6) is 0 Å². The molecule has 2 aromatic heterocycles. The quantitative estimate of drug-likeness (QED) is 0.939. The lowest BCUT2D eigenvalue weighted by Gasteiger charge is -2.03. The van der Waals surface area contributed by atoms with Gasteiger partial charge in [0.05, 0.1) is 16.5 Å². The molecule has 0 aromatic carbocycles. The molecule has 1 N–H and O–H groups in total. The van der Waals surface area contributed by atoms with Gasteiger partial charge in [-0.1, -0.05) is 0 Å². The molecule has 5 heteroatoms. The fraction of sp³-hybridized carbons (Fsp3) is 0.300. The van der Waals surface area contributed by atoms with E-state index in [2.05, 4.69) is 39.3 Å². The van der Waals surface area contributed by atoms with Crippen LogP contribution in [0.1, 0.15) is 10.4 Å². The fourth-order valence-electron chi connectivity index (χ4n) is 1.34. The van der Waals surface area contributed by atoms with Crippen LogP contribution in [0.2, 0.25) is 0 Å². The van der Waals surface area contributed by atoms with Gasteiger partial charge in [0.15, 0.2) is 0 Å². The van der Waals surface area contributed by atoms with Crippen molar-refractivity contribution in [3.63, 3.8) is 0 Å². The van der Waals surface area contributed by atoms with Crippen LogP contribution < -0.4 is 5.32 Å². The third-order valence-electron chi connectivity index (χ3n) is 2.17. The summed E-state index contributed by atoms with van der Waals surface area (Å²) in [5, 5.41) is 7.44. The van der Waals surface area contributed by atoms with Crippen LogP contribution in [0, 0.1) is 6.92 Å². The molecule has 0 radical (unpaired) electrons. The van der Waals surface area contributed by atoms with Crippen molar-refractivity contribution in [3.05, 3.63) is 32.6 Å². The third kappa shape index (κ3) is 2.41. The first-order valence-electron chi connectivity index (χ1n) is 4.63. The SMILES string of the molecule is Cc1cc(CNc2ccnn2C)sc1Br. The van der Waals surface area contributed by atoms with E-state index < -0.39 is 0 Å². The number of aryl methyl sites for hydroxylation is 2. The third-order valence-corrected chi connectivity index (χ3v) is 4.31. The molecule has 0 bridgehead atoms. The van der Waals surface area contributed by atoms with E-state index in [1.165, 1.54) is 14.2 Å². The second kappa shape index (κ2) is 4.37. The Morgan fingerprint density at radius 1 is 1.60 bits per heavy atom. The second-order valence-electron chi connectivity index (χ2n) is 3.36. The Balaban J connectivity index is 2.02. The van der Waals surface area contributed by atoms with E-state index in [1.807, 2.05) is 17.8 Å². The van der Waals surface area contributed by atoms with Crippen LogP contribution in [0.15, 0.2) is 22.1 Å². The molecular formula is C10H12BrN3S. The average Bonchev–Trinajstić information content (AvgIpc) is 2.72. The van der Waals surface area contributed by atoms with Crippen molar-refractivity contribution in [3.8, 4) is 0 Å². The Morgan fingerprint density at radius 3 is 2.93 bits per heavy atom. The van der Waals surface area contributed by atoms with Gasteiger partial charge < -0.3 is 5.32 Å². The molecule has 0 amide bonds. The van der Waals surface area contributed by atoms with Gasteiger partial charge in [-0.3, -0.25) is 4.68 Å². The summed E-state index contributed by atoms with van der Waals surface area (Å²) in [6.45, 7) is 2.95. The molecule has 0 atom stereocenters. The number of aromatic nitrogens is 2. The van der Waals surface area contributed by atoms with Crippen molar-refractivity contribution in [2.45, 2.75) is 13.5 Å². The monoisotopic (exact) mass is 285 g/mol. The largest absolute Gasteiger partial charge is 0.365 e. The van der Waals surface area contributed by atoms with Gasteiger partial charge in [0.1, 0.15) is 5.82 Å². The Labute approximate surface area is 101 Å². The molecule has 3 nitrogen and oxygen atoms in total. The molecule has 0 saturated carbocycles. The molecule has 0 unspecified atom stereocenters. The van der Waals surface area contributed by atoms with E-state index in [9.17, 15) is 0 Å². The molecule has 2 aromatic rings. The van der Waals surface area contributed by atoms with Gasteiger partial charge in [-0.05, 0) is 34.5 Å². The first kappa shape index (κ1) is 10.7. The molecule has 0 aliphatic carbocycles. The fourth-order valence-corrected chi connectivity index (χ4v) is 2.90. The van der Waals surface area contributed by atoms with Crippen molar-refractivity contribution >= 4 is 33.1 Å². The van der Waals surface area contributed by atoms with Gasteiger partial charge in [0.25, 0.3) is 0 Å². The zero-order chi connectivity index (χ0) is 10.8. The Hall–Kier alpha value is -0.810. The molecule has 0 aliphatic heterocycles. The molecule has 80 valence electrons. The lowest BCUT2D eigenvalue weighted by Crippen LogP contribution is -2.03. The highest BCUT2D eigenvalue weighted by atomic mass is 79.9. The number of hydrogen-bond acceptors (Lipinski definition) is 3. The second-order valence-corrected chi connectivity index (χ2v) is 5.82. The smallest absolute Gasteiger partial charge is 0.124 e. The normalized spacial score (nSPS) is 10.6. The van der Waals surface area contributed by atoms with Crippen LogP contribution in [-0.4, -0.2) is 9.78 Å². The number of hydrogen-bond donors (Lipinski definition) is 1. The minimum absolute atomic E-state index is 0.844. The van der Waals surface area contributed by atoms with Crippen LogP contribution in [0.4, 0.5) is 5.82 Å². The number of thiophene rings is 1. The van der Waals surface area contributed by atoms with Crippen molar-refractivity contribution in [1.82, 2.24) is 9.78 Å². The first-order chi connectivity index (χ1) is 7.16. The van der Waals surface area contributed by atoms with Crippen molar-refractivity contribution in [1.29, 1.82) is 0 Å². The van der Waals surface area contributed by atoms with Gasteiger partial charge >= 0.3 is 0 Å². The predicted molar refractivity (Wildman–Crippen MR) is 67.3 cm³/mol. The van der Waals surface area contributed by atoms with Crippen LogP contribution in [0.3, 0.4) is 0 Å². The maximum absolute atomic E-state index is 4.10. The molecule has 0 spiro atoms. The zero-order valence-electron chi connectivity index (χ0n) is 8.62. The molecular weight excluding hydrogens is 274 g/mol. The van der Waals surface area contributed by atoms with Crippen LogP contribution >= 0.6 is 27.3 Å². The van der Waals surface area contributed by atoms with Gasteiger partial charge in [-0.25, -0.2) is 0 Å². The summed E-state index contributed by atoms with van der Waals surface area (Å²) in [6.07, 6.45) is 1.79. The van der Waals surface area contributed by atoms with Crippen molar-refractivity contribution in [2.24, 2.45) is 7.05 Å². The minimum Gasteiger partial charge on any atom is -0.365 e. The first-order valence-corrected chi connectivity index (χ1v) is 6.24. The molecule has 0 aliphatic rings. The summed E-state index contributed by atoms with van der Waals surface area (Å²) in [4.78, 5) is 1.32.